The molecule has 2 aromatic carbocycles. The number of phenols is 1. The summed E-state index contributed by atoms with van der Waals surface area (Å²) in [6.45, 7) is 8.85. The molecule has 22 heavy (non-hydrogen) atoms. The standard InChI is InChI=1S/C21H28O/c1-5-10-16-14-15-19(22)20(18(16)11-6-2)21(3,4)17-12-8-7-9-13-17/h7-9,12-15,22H,5-6,10-11H2,1-4H3. The van der Waals surface area contributed by atoms with Gasteiger partial charge in [-0.1, -0.05) is 76.9 Å². The minimum absolute atomic E-state index is 0.195. The van der Waals surface area contributed by atoms with Crippen molar-refractivity contribution in [2.24, 2.45) is 0 Å². The Bertz CT molecular complexity index is 611. The van der Waals surface area contributed by atoms with Crippen molar-refractivity contribution in [1.29, 1.82) is 0 Å². The molecule has 0 atom stereocenters. The third kappa shape index (κ3) is 3.19. The number of phenolic OH excluding ortho intramolecular Hbond substituents is 1. The van der Waals surface area contributed by atoms with Crippen molar-refractivity contribution >= 4 is 0 Å². The van der Waals surface area contributed by atoms with Crippen LogP contribution in [0.15, 0.2) is 42.5 Å². The molecule has 1 nitrogen and oxygen atoms in total. The fraction of sp³-hybridized carbons (Fsp3) is 0.429. The van der Waals surface area contributed by atoms with Gasteiger partial charge < -0.3 is 5.11 Å². The zero-order valence-corrected chi connectivity index (χ0v) is 14.3. The van der Waals surface area contributed by atoms with Crippen molar-refractivity contribution in [2.75, 3.05) is 0 Å². The van der Waals surface area contributed by atoms with Crippen LogP contribution in [0.25, 0.3) is 0 Å². The van der Waals surface area contributed by atoms with Crippen molar-refractivity contribution in [1.82, 2.24) is 0 Å². The number of hydrogen-bond donors (Lipinski definition) is 1. The molecule has 0 aliphatic carbocycles. The molecule has 0 radical (unpaired) electrons. The first-order valence-electron chi connectivity index (χ1n) is 8.42. The van der Waals surface area contributed by atoms with Crippen LogP contribution in [-0.2, 0) is 18.3 Å². The van der Waals surface area contributed by atoms with Gasteiger partial charge in [0.05, 0.1) is 0 Å². The van der Waals surface area contributed by atoms with E-state index in [0.29, 0.717) is 5.75 Å². The summed E-state index contributed by atoms with van der Waals surface area (Å²) in [6.07, 6.45) is 4.33. The minimum atomic E-state index is -0.195. The zero-order valence-electron chi connectivity index (χ0n) is 14.3. The van der Waals surface area contributed by atoms with Crippen molar-refractivity contribution in [3.05, 3.63) is 64.7 Å². The van der Waals surface area contributed by atoms with E-state index in [-0.39, 0.29) is 5.41 Å². The number of benzene rings is 2. The van der Waals surface area contributed by atoms with Gasteiger partial charge in [0, 0.05) is 11.0 Å². The maximum absolute atomic E-state index is 10.6. The van der Waals surface area contributed by atoms with Crippen LogP contribution in [-0.4, -0.2) is 5.11 Å². The van der Waals surface area contributed by atoms with Gasteiger partial charge in [-0.15, -0.1) is 0 Å². The van der Waals surface area contributed by atoms with Crippen LogP contribution in [0.5, 0.6) is 5.75 Å². The van der Waals surface area contributed by atoms with Crippen molar-refractivity contribution in [3.8, 4) is 5.75 Å². The topological polar surface area (TPSA) is 20.2 Å². The van der Waals surface area contributed by atoms with Crippen molar-refractivity contribution in [2.45, 2.75) is 58.8 Å². The summed E-state index contributed by atoms with van der Waals surface area (Å²) < 4.78 is 0. The molecule has 0 saturated heterocycles. The van der Waals surface area contributed by atoms with Gasteiger partial charge in [0.25, 0.3) is 0 Å². The Kier molecular flexibility index (Phi) is 5.28. The Morgan fingerprint density at radius 3 is 2.09 bits per heavy atom. The first-order valence-corrected chi connectivity index (χ1v) is 8.42. The van der Waals surface area contributed by atoms with Crippen LogP contribution in [0.1, 0.15) is 62.8 Å². The highest BCUT2D eigenvalue weighted by molar-refractivity contribution is 5.53. The quantitative estimate of drug-likeness (QED) is 0.733. The van der Waals surface area contributed by atoms with Crippen LogP contribution < -0.4 is 0 Å². The van der Waals surface area contributed by atoms with Crippen LogP contribution >= 0.6 is 0 Å². The van der Waals surface area contributed by atoms with Gasteiger partial charge in [0.2, 0.25) is 0 Å². The molecule has 0 amide bonds. The van der Waals surface area contributed by atoms with E-state index in [1.165, 1.54) is 16.7 Å². The maximum Gasteiger partial charge on any atom is 0.119 e. The van der Waals surface area contributed by atoms with Gasteiger partial charge >= 0.3 is 0 Å². The molecule has 118 valence electrons. The lowest BCUT2D eigenvalue weighted by Gasteiger charge is -2.31. The van der Waals surface area contributed by atoms with Crippen LogP contribution in [0.3, 0.4) is 0 Å². The van der Waals surface area contributed by atoms with Gasteiger partial charge in [-0.2, -0.15) is 0 Å². The first-order chi connectivity index (χ1) is 10.5. The number of rotatable bonds is 6. The van der Waals surface area contributed by atoms with Crippen LogP contribution in [0.2, 0.25) is 0 Å². The third-order valence-corrected chi connectivity index (χ3v) is 4.53. The van der Waals surface area contributed by atoms with Crippen LogP contribution in [0.4, 0.5) is 0 Å². The fourth-order valence-corrected chi connectivity index (χ4v) is 3.41. The Morgan fingerprint density at radius 2 is 1.50 bits per heavy atom. The molecule has 1 heteroatoms. The van der Waals surface area contributed by atoms with E-state index in [1.54, 1.807) is 0 Å². The van der Waals surface area contributed by atoms with Crippen molar-refractivity contribution < 1.29 is 5.11 Å². The average Bonchev–Trinajstić information content (AvgIpc) is 2.51. The maximum atomic E-state index is 10.6. The van der Waals surface area contributed by atoms with E-state index in [0.717, 1.165) is 31.2 Å². The molecule has 0 fully saturated rings. The summed E-state index contributed by atoms with van der Waals surface area (Å²) in [5.41, 5.74) is 4.89. The molecule has 0 spiro atoms. The van der Waals surface area contributed by atoms with Gasteiger partial charge in [-0.3, -0.25) is 0 Å². The van der Waals surface area contributed by atoms with E-state index in [2.05, 4.69) is 58.0 Å². The summed E-state index contributed by atoms with van der Waals surface area (Å²) in [7, 11) is 0. The summed E-state index contributed by atoms with van der Waals surface area (Å²) >= 11 is 0. The van der Waals surface area contributed by atoms with Crippen LogP contribution in [0, 0.1) is 0 Å². The Balaban J connectivity index is 2.64. The monoisotopic (exact) mass is 296 g/mol. The van der Waals surface area contributed by atoms with E-state index < -0.39 is 0 Å². The molecule has 0 aliphatic heterocycles. The highest BCUT2D eigenvalue weighted by atomic mass is 16.3. The largest absolute Gasteiger partial charge is 0.508 e. The highest BCUT2D eigenvalue weighted by Gasteiger charge is 2.29. The lowest BCUT2D eigenvalue weighted by Crippen LogP contribution is -2.22. The second kappa shape index (κ2) is 7.00. The van der Waals surface area contributed by atoms with Gasteiger partial charge in [0.1, 0.15) is 5.75 Å². The van der Waals surface area contributed by atoms with E-state index in [9.17, 15) is 5.11 Å². The number of hydrogen-bond acceptors (Lipinski definition) is 1. The average molecular weight is 296 g/mol. The predicted molar refractivity (Wildman–Crippen MR) is 94.7 cm³/mol. The van der Waals surface area contributed by atoms with E-state index in [4.69, 9.17) is 0 Å². The molecular weight excluding hydrogens is 268 g/mol. The molecule has 1 N–H and O–H groups in total. The predicted octanol–water partition coefficient (Wildman–Crippen LogP) is 5.62. The lowest BCUT2D eigenvalue weighted by molar-refractivity contribution is 0.450. The normalized spacial score (nSPS) is 11.6. The first kappa shape index (κ1) is 16.6. The zero-order chi connectivity index (χ0) is 16.2. The Labute approximate surface area is 135 Å². The van der Waals surface area contributed by atoms with E-state index in [1.807, 2.05) is 12.1 Å². The fourth-order valence-electron chi connectivity index (χ4n) is 3.41. The second-order valence-corrected chi connectivity index (χ2v) is 6.59. The third-order valence-electron chi connectivity index (χ3n) is 4.53. The summed E-state index contributed by atoms with van der Waals surface area (Å²) in [5.74, 6) is 0.428. The highest BCUT2D eigenvalue weighted by Crippen LogP contribution is 2.41. The van der Waals surface area contributed by atoms with Gasteiger partial charge in [-0.05, 0) is 35.6 Å². The molecule has 0 heterocycles. The van der Waals surface area contributed by atoms with Crippen molar-refractivity contribution in [3.63, 3.8) is 0 Å². The molecule has 2 aromatic rings. The number of aromatic hydroxyl groups is 1. The molecule has 0 aromatic heterocycles. The number of aryl methyl sites for hydroxylation is 1. The molecule has 0 bridgehead atoms. The van der Waals surface area contributed by atoms with Gasteiger partial charge in [-0.25, -0.2) is 0 Å². The molecule has 0 aliphatic rings. The molecule has 0 unspecified atom stereocenters. The Hall–Kier alpha value is -1.76. The second-order valence-electron chi connectivity index (χ2n) is 6.59. The minimum Gasteiger partial charge on any atom is -0.508 e. The van der Waals surface area contributed by atoms with Gasteiger partial charge in [0.15, 0.2) is 0 Å². The summed E-state index contributed by atoms with van der Waals surface area (Å²) in [5, 5.41) is 10.6. The molecular formula is C21H28O. The summed E-state index contributed by atoms with van der Waals surface area (Å²) in [4.78, 5) is 0. The SMILES string of the molecule is CCCc1ccc(O)c(C(C)(C)c2ccccc2)c1CCC. The molecule has 0 saturated carbocycles. The smallest absolute Gasteiger partial charge is 0.119 e. The summed E-state index contributed by atoms with van der Waals surface area (Å²) in [6, 6.07) is 14.5. The molecule has 2 rings (SSSR count). The lowest BCUT2D eigenvalue weighted by atomic mass is 9.73. The Morgan fingerprint density at radius 1 is 0.864 bits per heavy atom. The van der Waals surface area contributed by atoms with E-state index >= 15 is 0 Å².